The molecular formula is C29H31NOS. The maximum absolute atomic E-state index is 11.4. The zero-order valence-corrected chi connectivity index (χ0v) is 20.1. The predicted octanol–water partition coefficient (Wildman–Crippen LogP) is 7.06. The van der Waals surface area contributed by atoms with E-state index in [0.29, 0.717) is 6.42 Å². The topological polar surface area (TPSA) is 23.5 Å². The van der Waals surface area contributed by atoms with Crippen molar-refractivity contribution in [2.75, 3.05) is 0 Å². The van der Waals surface area contributed by atoms with E-state index in [0.717, 1.165) is 37.8 Å². The Morgan fingerprint density at radius 2 is 1.31 bits per heavy atom. The van der Waals surface area contributed by atoms with E-state index in [9.17, 15) is 5.11 Å². The van der Waals surface area contributed by atoms with Crippen molar-refractivity contribution < 1.29 is 5.11 Å². The highest BCUT2D eigenvalue weighted by Crippen LogP contribution is 2.32. The fourth-order valence-corrected chi connectivity index (χ4v) is 5.46. The van der Waals surface area contributed by atoms with Gasteiger partial charge in [0, 0.05) is 24.1 Å². The van der Waals surface area contributed by atoms with Gasteiger partial charge in [0.2, 0.25) is 0 Å². The lowest BCUT2D eigenvalue weighted by Crippen LogP contribution is -2.42. The summed E-state index contributed by atoms with van der Waals surface area (Å²) >= 11 is 6.10. The Bertz CT molecular complexity index is 1250. The number of nitrogens with zero attached hydrogens (tertiary/aromatic N) is 1. The van der Waals surface area contributed by atoms with Crippen molar-refractivity contribution in [2.24, 2.45) is 0 Å². The second-order valence-corrected chi connectivity index (χ2v) is 9.40. The average molecular weight is 442 g/mol. The van der Waals surface area contributed by atoms with E-state index in [1.807, 2.05) is 24.3 Å². The van der Waals surface area contributed by atoms with Gasteiger partial charge in [-0.1, -0.05) is 91.1 Å². The van der Waals surface area contributed by atoms with Crippen molar-refractivity contribution in [3.63, 3.8) is 0 Å². The Labute approximate surface area is 196 Å². The van der Waals surface area contributed by atoms with E-state index in [1.54, 1.807) is 0 Å². The van der Waals surface area contributed by atoms with Crippen molar-refractivity contribution in [2.45, 2.75) is 52.3 Å². The lowest BCUT2D eigenvalue weighted by Gasteiger charge is -2.34. The van der Waals surface area contributed by atoms with Gasteiger partial charge < -0.3 is 10.0 Å². The van der Waals surface area contributed by atoms with E-state index in [2.05, 4.69) is 87.2 Å². The van der Waals surface area contributed by atoms with Crippen LogP contribution < -0.4 is 0 Å². The van der Waals surface area contributed by atoms with Crippen molar-refractivity contribution >= 4 is 38.8 Å². The van der Waals surface area contributed by atoms with Gasteiger partial charge >= 0.3 is 0 Å². The van der Waals surface area contributed by atoms with Gasteiger partial charge in [-0.05, 0) is 60.4 Å². The smallest absolute Gasteiger partial charge is 0.110 e. The lowest BCUT2D eigenvalue weighted by atomic mass is 9.91. The van der Waals surface area contributed by atoms with Crippen molar-refractivity contribution in [3.05, 3.63) is 95.6 Å². The molecule has 4 aromatic rings. The van der Waals surface area contributed by atoms with Gasteiger partial charge in [-0.2, -0.15) is 0 Å². The summed E-state index contributed by atoms with van der Waals surface area (Å²) in [4.78, 5) is 3.15. The molecule has 0 radical (unpaired) electrons. The zero-order valence-electron chi connectivity index (χ0n) is 19.2. The highest BCUT2D eigenvalue weighted by molar-refractivity contribution is 7.80. The van der Waals surface area contributed by atoms with E-state index in [4.69, 9.17) is 12.2 Å². The largest absolute Gasteiger partial charge is 0.388 e. The Kier molecular flexibility index (Phi) is 6.59. The van der Waals surface area contributed by atoms with Gasteiger partial charge in [0.25, 0.3) is 0 Å². The molecule has 4 rings (SSSR count). The zero-order chi connectivity index (χ0) is 22.8. The van der Waals surface area contributed by atoms with E-state index < -0.39 is 6.10 Å². The molecule has 1 unspecified atom stereocenters. The molecule has 0 amide bonds. The number of hydrogen-bond donors (Lipinski definition) is 1. The Morgan fingerprint density at radius 3 is 1.97 bits per heavy atom. The maximum atomic E-state index is 11.4. The normalized spacial score (nSPS) is 12.6. The standard InChI is InChI=1S/C29H31NOS/c1-19(2)30(20(3)4)29(32)28-23(17-16-22-11-6-8-14-25(22)28)18-27(31)26-15-9-12-21-10-5-7-13-24(21)26/h5-17,19-20,27,31H,18H2,1-4H3. The number of benzene rings is 4. The summed E-state index contributed by atoms with van der Waals surface area (Å²) in [5.41, 5.74) is 3.11. The van der Waals surface area contributed by atoms with Crippen molar-refractivity contribution in [1.82, 2.24) is 4.90 Å². The highest BCUT2D eigenvalue weighted by atomic mass is 32.1. The summed E-state index contributed by atoms with van der Waals surface area (Å²) in [5, 5.41) is 15.9. The Balaban J connectivity index is 1.82. The molecule has 0 saturated heterocycles. The average Bonchev–Trinajstić information content (AvgIpc) is 2.77. The molecule has 0 saturated carbocycles. The molecular weight excluding hydrogens is 410 g/mol. The first-order chi connectivity index (χ1) is 15.4. The van der Waals surface area contributed by atoms with E-state index in [1.165, 1.54) is 5.39 Å². The molecule has 0 aliphatic rings. The third-order valence-electron chi connectivity index (χ3n) is 6.17. The van der Waals surface area contributed by atoms with E-state index in [-0.39, 0.29) is 12.1 Å². The molecule has 32 heavy (non-hydrogen) atoms. The monoisotopic (exact) mass is 441 g/mol. The number of fused-ring (bicyclic) bond motifs is 2. The lowest BCUT2D eigenvalue weighted by molar-refractivity contribution is 0.180. The van der Waals surface area contributed by atoms with Crippen molar-refractivity contribution in [1.29, 1.82) is 0 Å². The van der Waals surface area contributed by atoms with Crippen LogP contribution in [0.15, 0.2) is 78.9 Å². The summed E-state index contributed by atoms with van der Waals surface area (Å²) < 4.78 is 0. The molecule has 1 atom stereocenters. The van der Waals surface area contributed by atoms with Crippen molar-refractivity contribution in [3.8, 4) is 0 Å². The summed E-state index contributed by atoms with van der Waals surface area (Å²) in [7, 11) is 0. The van der Waals surface area contributed by atoms with Gasteiger partial charge in [0.05, 0.1) is 6.10 Å². The molecule has 0 spiro atoms. The fraction of sp³-hybridized carbons (Fsp3) is 0.276. The summed E-state index contributed by atoms with van der Waals surface area (Å²) in [6.07, 6.45) is -0.103. The predicted molar refractivity (Wildman–Crippen MR) is 140 cm³/mol. The van der Waals surface area contributed by atoms with Crippen LogP contribution in [0, 0.1) is 0 Å². The molecule has 2 nitrogen and oxygen atoms in total. The Hall–Kier alpha value is -2.75. The van der Waals surface area contributed by atoms with Crippen LogP contribution in [-0.4, -0.2) is 27.1 Å². The molecule has 164 valence electrons. The fourth-order valence-electron chi connectivity index (χ4n) is 4.79. The number of hydrogen-bond acceptors (Lipinski definition) is 2. The molecule has 4 aromatic carbocycles. The van der Waals surface area contributed by atoms with Crippen LogP contribution in [0.2, 0.25) is 0 Å². The van der Waals surface area contributed by atoms with Crippen LogP contribution in [-0.2, 0) is 6.42 Å². The summed E-state index contributed by atoms with van der Waals surface area (Å²) in [5.74, 6) is 0. The first kappa shape index (κ1) is 22.4. The minimum atomic E-state index is -0.615. The molecule has 3 heteroatoms. The van der Waals surface area contributed by atoms with E-state index >= 15 is 0 Å². The Morgan fingerprint density at radius 1 is 0.750 bits per heavy atom. The number of aliphatic hydroxyl groups excluding tert-OH is 1. The van der Waals surface area contributed by atoms with Gasteiger partial charge in [0.1, 0.15) is 4.99 Å². The number of aliphatic hydroxyl groups is 1. The first-order valence-corrected chi connectivity index (χ1v) is 11.8. The van der Waals surface area contributed by atoms with Gasteiger partial charge in [-0.15, -0.1) is 0 Å². The van der Waals surface area contributed by atoms with Crippen LogP contribution in [0.1, 0.15) is 50.5 Å². The van der Waals surface area contributed by atoms with Crippen LogP contribution in [0.3, 0.4) is 0 Å². The maximum Gasteiger partial charge on any atom is 0.110 e. The minimum absolute atomic E-state index is 0.289. The quantitative estimate of drug-likeness (QED) is 0.324. The minimum Gasteiger partial charge on any atom is -0.388 e. The highest BCUT2D eigenvalue weighted by Gasteiger charge is 2.24. The molecule has 1 N–H and O–H groups in total. The summed E-state index contributed by atoms with van der Waals surface area (Å²) in [6.45, 7) is 8.73. The van der Waals surface area contributed by atoms with Crippen LogP contribution >= 0.6 is 12.2 Å². The molecule has 0 aliphatic carbocycles. The SMILES string of the molecule is CC(C)N(C(=S)c1c(CC(O)c2cccc3ccccc23)ccc2ccccc12)C(C)C. The molecule has 0 fully saturated rings. The van der Waals surface area contributed by atoms with Gasteiger partial charge in [-0.25, -0.2) is 0 Å². The van der Waals surface area contributed by atoms with Crippen LogP contribution in [0.4, 0.5) is 0 Å². The number of rotatable bonds is 6. The molecule has 0 aromatic heterocycles. The third-order valence-corrected chi connectivity index (χ3v) is 6.59. The molecule has 0 aliphatic heterocycles. The van der Waals surface area contributed by atoms with Crippen LogP contribution in [0.5, 0.6) is 0 Å². The van der Waals surface area contributed by atoms with Gasteiger partial charge in [-0.3, -0.25) is 0 Å². The molecule has 0 heterocycles. The van der Waals surface area contributed by atoms with Crippen LogP contribution in [0.25, 0.3) is 21.5 Å². The van der Waals surface area contributed by atoms with Gasteiger partial charge in [0.15, 0.2) is 0 Å². The number of thiocarbonyl (C=S) groups is 1. The molecule has 0 bridgehead atoms. The summed E-state index contributed by atoms with van der Waals surface area (Å²) in [6, 6.07) is 27.6. The second kappa shape index (κ2) is 9.40. The first-order valence-electron chi connectivity index (χ1n) is 11.4. The third kappa shape index (κ3) is 4.28. The second-order valence-electron chi connectivity index (χ2n) is 9.01.